The van der Waals surface area contributed by atoms with Gasteiger partial charge in [0.25, 0.3) is 5.91 Å². The number of nitrogens with two attached hydrogens (primary N) is 1. The lowest BCUT2D eigenvalue weighted by Crippen LogP contribution is -2.52. The van der Waals surface area contributed by atoms with Crippen LogP contribution >= 0.6 is 0 Å². The second-order valence-corrected chi connectivity index (χ2v) is 4.25. The minimum absolute atomic E-state index is 0.0877. The van der Waals surface area contributed by atoms with Crippen molar-refractivity contribution in [3.05, 3.63) is 23.8 Å². The molecule has 1 atom stereocenters. The molecule has 0 bridgehead atoms. The van der Waals surface area contributed by atoms with Gasteiger partial charge < -0.3 is 16.2 Å². The van der Waals surface area contributed by atoms with Crippen LogP contribution in [0.15, 0.2) is 18.2 Å². The van der Waals surface area contributed by atoms with Gasteiger partial charge in [0, 0.05) is 12.1 Å². The van der Waals surface area contributed by atoms with Crippen LogP contribution in [0, 0.1) is 0 Å². The van der Waals surface area contributed by atoms with E-state index in [9.17, 15) is 19.5 Å². The smallest absolute Gasteiger partial charge is 0.254 e. The van der Waals surface area contributed by atoms with Crippen LogP contribution in [-0.4, -0.2) is 28.9 Å². The van der Waals surface area contributed by atoms with E-state index in [4.69, 9.17) is 5.73 Å². The summed E-state index contributed by atoms with van der Waals surface area (Å²) in [5, 5.41) is 13.9. The van der Waals surface area contributed by atoms with Gasteiger partial charge in [-0.25, -0.2) is 0 Å². The first kappa shape index (κ1) is 12.9. The van der Waals surface area contributed by atoms with E-state index < -0.39 is 17.9 Å². The number of phenols is 1. The number of nitrogen functional groups attached to an aromatic ring is 1. The van der Waals surface area contributed by atoms with Crippen LogP contribution in [0.3, 0.4) is 0 Å². The van der Waals surface area contributed by atoms with E-state index in [0.717, 1.165) is 0 Å². The lowest BCUT2D eigenvalue weighted by molar-refractivity contribution is -0.134. The summed E-state index contributed by atoms with van der Waals surface area (Å²) < 4.78 is 0. The van der Waals surface area contributed by atoms with Crippen LogP contribution < -0.4 is 16.4 Å². The molecule has 1 unspecified atom stereocenters. The molecule has 1 heterocycles. The number of carbonyl (C=O) groups excluding carboxylic acids is 3. The number of hydrogen-bond acceptors (Lipinski definition) is 5. The molecular formula is C12H13N3O4. The topological polar surface area (TPSA) is 122 Å². The average Bonchev–Trinajstić information content (AvgIpc) is 2.35. The molecule has 2 rings (SSSR count). The van der Waals surface area contributed by atoms with E-state index in [0.29, 0.717) is 0 Å². The van der Waals surface area contributed by atoms with E-state index in [-0.39, 0.29) is 35.7 Å². The minimum atomic E-state index is -0.771. The van der Waals surface area contributed by atoms with Crippen LogP contribution in [0.5, 0.6) is 5.75 Å². The molecule has 0 radical (unpaired) electrons. The summed E-state index contributed by atoms with van der Waals surface area (Å²) >= 11 is 0. The fourth-order valence-electron chi connectivity index (χ4n) is 1.81. The maximum atomic E-state index is 11.9. The highest BCUT2D eigenvalue weighted by Gasteiger charge is 2.28. The molecule has 1 fully saturated rings. The largest absolute Gasteiger partial charge is 0.508 e. The third-order valence-corrected chi connectivity index (χ3v) is 2.83. The number of hydrogen-bond donors (Lipinski definition) is 4. The van der Waals surface area contributed by atoms with Gasteiger partial charge in [-0.15, -0.1) is 0 Å². The summed E-state index contributed by atoms with van der Waals surface area (Å²) in [6, 6.07) is 3.20. The Morgan fingerprint density at radius 3 is 2.84 bits per heavy atom. The van der Waals surface area contributed by atoms with Crippen LogP contribution in [0.4, 0.5) is 5.69 Å². The van der Waals surface area contributed by atoms with Crippen molar-refractivity contribution in [2.24, 2.45) is 0 Å². The number of nitrogens with one attached hydrogen (secondary N) is 2. The maximum absolute atomic E-state index is 11.9. The van der Waals surface area contributed by atoms with E-state index in [2.05, 4.69) is 10.6 Å². The highest BCUT2D eigenvalue weighted by atomic mass is 16.3. The number of benzene rings is 1. The van der Waals surface area contributed by atoms with E-state index >= 15 is 0 Å². The Morgan fingerprint density at radius 2 is 2.16 bits per heavy atom. The van der Waals surface area contributed by atoms with E-state index in [1.807, 2.05) is 0 Å². The summed E-state index contributed by atoms with van der Waals surface area (Å²) in [4.78, 5) is 34.4. The Kier molecular flexibility index (Phi) is 3.37. The van der Waals surface area contributed by atoms with Crippen LogP contribution in [0.2, 0.25) is 0 Å². The Balaban J connectivity index is 2.11. The highest BCUT2D eigenvalue weighted by molar-refractivity contribution is 6.05. The van der Waals surface area contributed by atoms with Gasteiger partial charge in [0.05, 0.1) is 5.56 Å². The quantitative estimate of drug-likeness (QED) is 0.326. The van der Waals surface area contributed by atoms with E-state index in [1.54, 1.807) is 0 Å². The molecule has 100 valence electrons. The number of phenolic OH excluding ortho intramolecular Hbond substituents is 1. The van der Waals surface area contributed by atoms with Gasteiger partial charge in [-0.2, -0.15) is 0 Å². The molecule has 1 aromatic rings. The minimum Gasteiger partial charge on any atom is -0.508 e. The molecule has 7 heteroatoms. The monoisotopic (exact) mass is 263 g/mol. The second-order valence-electron chi connectivity index (χ2n) is 4.25. The Hall–Kier alpha value is -2.57. The zero-order valence-corrected chi connectivity index (χ0v) is 9.97. The lowest BCUT2D eigenvalue weighted by atomic mass is 10.0. The fourth-order valence-corrected chi connectivity index (χ4v) is 1.81. The van der Waals surface area contributed by atoms with Crippen molar-refractivity contribution in [3.63, 3.8) is 0 Å². The molecule has 1 aliphatic heterocycles. The molecule has 19 heavy (non-hydrogen) atoms. The van der Waals surface area contributed by atoms with Crippen molar-refractivity contribution >= 4 is 23.4 Å². The molecular weight excluding hydrogens is 250 g/mol. The SMILES string of the molecule is Nc1ccc(O)cc1C(=O)NC1CCC(=O)NC1=O. The molecule has 3 amide bonds. The van der Waals surface area contributed by atoms with Gasteiger partial charge in [0.15, 0.2) is 0 Å². The molecule has 1 aliphatic rings. The Labute approximate surface area is 108 Å². The zero-order chi connectivity index (χ0) is 14.0. The number of carbonyl (C=O) groups is 3. The summed E-state index contributed by atoms with van der Waals surface area (Å²) in [7, 11) is 0. The first-order valence-electron chi connectivity index (χ1n) is 5.70. The van der Waals surface area contributed by atoms with Crippen molar-refractivity contribution in [2.75, 3.05) is 5.73 Å². The summed E-state index contributed by atoms with van der Waals surface area (Å²) in [5.74, 6) is -1.55. The molecule has 5 N–H and O–H groups in total. The highest BCUT2D eigenvalue weighted by Crippen LogP contribution is 2.18. The summed E-state index contributed by atoms with van der Waals surface area (Å²) in [5.41, 5.74) is 5.91. The average molecular weight is 263 g/mol. The first-order chi connectivity index (χ1) is 8.97. The molecule has 0 spiro atoms. The van der Waals surface area contributed by atoms with Gasteiger partial charge in [0.2, 0.25) is 11.8 Å². The van der Waals surface area contributed by atoms with Crippen LogP contribution in [0.1, 0.15) is 23.2 Å². The number of imide groups is 1. The van der Waals surface area contributed by atoms with Crippen molar-refractivity contribution in [2.45, 2.75) is 18.9 Å². The first-order valence-corrected chi connectivity index (χ1v) is 5.70. The standard InChI is InChI=1S/C12H13N3O4/c13-8-2-1-6(16)5-7(8)11(18)14-9-3-4-10(17)15-12(9)19/h1-2,5,9,16H,3-4,13H2,(H,14,18)(H,15,17,19). The summed E-state index contributed by atoms with van der Waals surface area (Å²) in [6.45, 7) is 0. The molecule has 1 aromatic carbocycles. The van der Waals surface area contributed by atoms with E-state index in [1.165, 1.54) is 18.2 Å². The molecule has 0 saturated carbocycles. The predicted octanol–water partition coefficient (Wildman–Crippen LogP) is -0.491. The molecule has 1 saturated heterocycles. The fraction of sp³-hybridized carbons (Fsp3) is 0.250. The number of anilines is 1. The van der Waals surface area contributed by atoms with Gasteiger partial charge in [-0.3, -0.25) is 19.7 Å². The van der Waals surface area contributed by atoms with Crippen LogP contribution in [0.25, 0.3) is 0 Å². The number of aromatic hydroxyl groups is 1. The van der Waals surface area contributed by atoms with Gasteiger partial charge in [-0.1, -0.05) is 0 Å². The van der Waals surface area contributed by atoms with Crippen molar-refractivity contribution in [1.29, 1.82) is 0 Å². The second kappa shape index (κ2) is 4.97. The lowest BCUT2D eigenvalue weighted by Gasteiger charge is -2.22. The molecule has 7 nitrogen and oxygen atoms in total. The number of rotatable bonds is 2. The molecule has 0 aromatic heterocycles. The maximum Gasteiger partial charge on any atom is 0.254 e. The molecule has 0 aliphatic carbocycles. The zero-order valence-electron chi connectivity index (χ0n) is 9.97. The Morgan fingerprint density at radius 1 is 1.42 bits per heavy atom. The Bertz CT molecular complexity index is 556. The predicted molar refractivity (Wildman–Crippen MR) is 66.2 cm³/mol. The van der Waals surface area contributed by atoms with Gasteiger partial charge in [0.1, 0.15) is 11.8 Å². The third-order valence-electron chi connectivity index (χ3n) is 2.83. The summed E-state index contributed by atoms with van der Waals surface area (Å²) in [6.07, 6.45) is 0.418. The van der Waals surface area contributed by atoms with Crippen molar-refractivity contribution in [1.82, 2.24) is 10.6 Å². The number of amides is 3. The normalized spacial score (nSPS) is 18.8. The third kappa shape index (κ3) is 2.82. The van der Waals surface area contributed by atoms with Gasteiger partial charge in [-0.05, 0) is 24.6 Å². The van der Waals surface area contributed by atoms with Crippen LogP contribution in [-0.2, 0) is 9.59 Å². The van der Waals surface area contributed by atoms with Crippen molar-refractivity contribution < 1.29 is 19.5 Å². The van der Waals surface area contributed by atoms with Gasteiger partial charge >= 0.3 is 0 Å². The van der Waals surface area contributed by atoms with Crippen molar-refractivity contribution in [3.8, 4) is 5.75 Å². The number of piperidine rings is 1.